The Morgan fingerprint density at radius 2 is 1.78 bits per heavy atom. The summed E-state index contributed by atoms with van der Waals surface area (Å²) in [5.41, 5.74) is 4.88. The van der Waals surface area contributed by atoms with E-state index in [1.54, 1.807) is 7.11 Å². The quantitative estimate of drug-likeness (QED) is 0.556. The second-order valence-corrected chi connectivity index (χ2v) is 6.45. The van der Waals surface area contributed by atoms with Gasteiger partial charge in [0.1, 0.15) is 11.6 Å². The highest BCUT2D eigenvalue weighted by Gasteiger charge is 2.12. The van der Waals surface area contributed by atoms with Gasteiger partial charge >= 0.3 is 0 Å². The van der Waals surface area contributed by atoms with Crippen molar-refractivity contribution in [3.05, 3.63) is 78.0 Å². The Hall–Kier alpha value is -3.34. The lowest BCUT2D eigenvalue weighted by atomic mass is 10.1. The maximum atomic E-state index is 5.48. The van der Waals surface area contributed by atoms with Crippen LogP contribution in [0.5, 0.6) is 5.75 Å². The normalized spacial score (nSPS) is 10.9. The van der Waals surface area contributed by atoms with Gasteiger partial charge in [-0.3, -0.25) is 0 Å². The lowest BCUT2D eigenvalue weighted by Crippen LogP contribution is -2.10. The first-order chi connectivity index (χ1) is 13.2. The summed E-state index contributed by atoms with van der Waals surface area (Å²) in [4.78, 5) is 4.62. The Bertz CT molecular complexity index is 1060. The lowest BCUT2D eigenvalue weighted by molar-refractivity contribution is 0.416. The van der Waals surface area contributed by atoms with Crippen molar-refractivity contribution in [2.24, 2.45) is 0 Å². The van der Waals surface area contributed by atoms with Gasteiger partial charge in [-0.25, -0.2) is 4.98 Å². The molecule has 4 rings (SSSR count). The smallest absolute Gasteiger partial charge is 0.158 e. The van der Waals surface area contributed by atoms with Crippen LogP contribution in [0.4, 0.5) is 5.82 Å². The molecule has 0 atom stereocenters. The van der Waals surface area contributed by atoms with Crippen molar-refractivity contribution in [3.63, 3.8) is 0 Å². The molecule has 136 valence electrons. The molecule has 0 bridgehead atoms. The molecule has 0 amide bonds. The van der Waals surface area contributed by atoms with Crippen LogP contribution in [0.1, 0.15) is 11.3 Å². The highest BCUT2D eigenvalue weighted by Crippen LogP contribution is 2.29. The van der Waals surface area contributed by atoms with Gasteiger partial charge in [-0.2, -0.15) is 9.61 Å². The molecule has 1 N–H and O–H groups in total. The van der Waals surface area contributed by atoms with E-state index < -0.39 is 0 Å². The second-order valence-electron chi connectivity index (χ2n) is 6.45. The summed E-state index contributed by atoms with van der Waals surface area (Å²) in [5, 5.41) is 8.27. The number of aryl methyl sites for hydroxylation is 1. The number of fused-ring (bicyclic) bond motifs is 1. The number of hydrogen-bond donors (Lipinski definition) is 1. The van der Waals surface area contributed by atoms with E-state index in [-0.39, 0.29) is 0 Å². The van der Waals surface area contributed by atoms with Gasteiger partial charge in [-0.15, -0.1) is 0 Å². The molecule has 27 heavy (non-hydrogen) atoms. The van der Waals surface area contributed by atoms with Crippen molar-refractivity contribution >= 4 is 11.5 Å². The fraction of sp³-hybridized carbons (Fsp3) is 0.182. The van der Waals surface area contributed by atoms with E-state index >= 15 is 0 Å². The lowest BCUT2D eigenvalue weighted by Gasteiger charge is -2.09. The van der Waals surface area contributed by atoms with Gasteiger partial charge in [0.05, 0.1) is 12.8 Å². The molecule has 0 aliphatic carbocycles. The van der Waals surface area contributed by atoms with E-state index in [2.05, 4.69) is 34.6 Å². The van der Waals surface area contributed by atoms with Gasteiger partial charge in [0.2, 0.25) is 0 Å². The maximum absolute atomic E-state index is 5.48. The summed E-state index contributed by atoms with van der Waals surface area (Å²) in [5.74, 6) is 1.74. The molecule has 2 aromatic heterocycles. The highest BCUT2D eigenvalue weighted by atomic mass is 16.5. The van der Waals surface area contributed by atoms with E-state index in [9.17, 15) is 0 Å². The first kappa shape index (κ1) is 17.1. The van der Waals surface area contributed by atoms with Crippen molar-refractivity contribution in [3.8, 4) is 17.0 Å². The topological polar surface area (TPSA) is 51.5 Å². The van der Waals surface area contributed by atoms with Crippen molar-refractivity contribution in [2.45, 2.75) is 13.3 Å². The van der Waals surface area contributed by atoms with Gasteiger partial charge in [0.25, 0.3) is 0 Å². The zero-order chi connectivity index (χ0) is 18.6. The number of benzene rings is 2. The SMILES string of the molecule is COc1ccccc1-c1cc2nc(C)cc(NCCc3ccccc3)n2n1. The predicted octanol–water partition coefficient (Wildman–Crippen LogP) is 4.37. The van der Waals surface area contributed by atoms with Crippen LogP contribution in [0.25, 0.3) is 16.9 Å². The fourth-order valence-electron chi connectivity index (χ4n) is 3.19. The average Bonchev–Trinajstić information content (AvgIpc) is 3.12. The van der Waals surface area contributed by atoms with Crippen molar-refractivity contribution in [1.82, 2.24) is 14.6 Å². The van der Waals surface area contributed by atoms with Gasteiger partial charge in [0.15, 0.2) is 5.65 Å². The minimum Gasteiger partial charge on any atom is -0.496 e. The third-order valence-electron chi connectivity index (χ3n) is 4.50. The van der Waals surface area contributed by atoms with Crippen molar-refractivity contribution in [2.75, 3.05) is 19.0 Å². The van der Waals surface area contributed by atoms with Crippen LogP contribution >= 0.6 is 0 Å². The van der Waals surface area contributed by atoms with Gasteiger partial charge in [-0.05, 0) is 31.0 Å². The molecule has 0 fully saturated rings. The number of nitrogens with one attached hydrogen (secondary N) is 1. The molecule has 2 heterocycles. The molecule has 0 spiro atoms. The minimum absolute atomic E-state index is 0.802. The minimum atomic E-state index is 0.802. The van der Waals surface area contributed by atoms with Crippen LogP contribution in [-0.4, -0.2) is 28.3 Å². The summed E-state index contributed by atoms with van der Waals surface area (Å²) in [6.07, 6.45) is 0.949. The number of ether oxygens (including phenoxy) is 1. The van der Waals surface area contributed by atoms with Gasteiger partial charge < -0.3 is 10.1 Å². The molecule has 0 aliphatic heterocycles. The summed E-state index contributed by atoms with van der Waals surface area (Å²) in [7, 11) is 1.67. The number of nitrogens with zero attached hydrogens (tertiary/aromatic N) is 3. The Morgan fingerprint density at radius 1 is 1.00 bits per heavy atom. The first-order valence-corrected chi connectivity index (χ1v) is 9.03. The number of rotatable bonds is 6. The molecular weight excluding hydrogens is 336 g/mol. The molecule has 0 saturated heterocycles. The van der Waals surface area contributed by atoms with Crippen LogP contribution in [-0.2, 0) is 6.42 Å². The van der Waals surface area contributed by atoms with Crippen LogP contribution in [0, 0.1) is 6.92 Å². The molecular formula is C22H22N4O. The van der Waals surface area contributed by atoms with E-state index in [0.29, 0.717) is 0 Å². The number of anilines is 1. The summed E-state index contributed by atoms with van der Waals surface area (Å²) in [6.45, 7) is 2.82. The Balaban J connectivity index is 1.64. The average molecular weight is 358 g/mol. The fourth-order valence-corrected chi connectivity index (χ4v) is 3.19. The standard InChI is InChI=1S/C22H22N4O/c1-16-14-21(23-13-12-17-8-4-3-5-9-17)26-22(24-16)15-19(25-26)18-10-6-7-11-20(18)27-2/h3-11,14-15,23H,12-13H2,1-2H3. The summed E-state index contributed by atoms with van der Waals surface area (Å²) >= 11 is 0. The van der Waals surface area contributed by atoms with Crippen LogP contribution in [0.15, 0.2) is 66.7 Å². The predicted molar refractivity (Wildman–Crippen MR) is 108 cm³/mol. The zero-order valence-electron chi connectivity index (χ0n) is 15.5. The molecule has 4 aromatic rings. The molecule has 0 saturated carbocycles. The summed E-state index contributed by atoms with van der Waals surface area (Å²) < 4.78 is 7.34. The maximum Gasteiger partial charge on any atom is 0.158 e. The Morgan fingerprint density at radius 3 is 2.59 bits per heavy atom. The monoisotopic (exact) mass is 358 g/mol. The van der Waals surface area contributed by atoms with Gasteiger partial charge in [-0.1, -0.05) is 42.5 Å². The van der Waals surface area contributed by atoms with Gasteiger partial charge in [0, 0.05) is 29.9 Å². The van der Waals surface area contributed by atoms with Crippen molar-refractivity contribution < 1.29 is 4.74 Å². The molecule has 5 nitrogen and oxygen atoms in total. The number of para-hydroxylation sites is 1. The largest absolute Gasteiger partial charge is 0.496 e. The van der Waals surface area contributed by atoms with Crippen molar-refractivity contribution in [1.29, 1.82) is 0 Å². The molecule has 2 aromatic carbocycles. The third kappa shape index (κ3) is 3.62. The molecule has 5 heteroatoms. The summed E-state index contributed by atoms with van der Waals surface area (Å²) in [6, 6.07) is 22.4. The van der Waals surface area contributed by atoms with Crippen LogP contribution in [0.2, 0.25) is 0 Å². The highest BCUT2D eigenvalue weighted by molar-refractivity contribution is 5.71. The first-order valence-electron chi connectivity index (χ1n) is 9.03. The Labute approximate surface area is 158 Å². The second kappa shape index (κ2) is 7.50. The Kier molecular flexibility index (Phi) is 4.75. The van der Waals surface area contributed by atoms with E-state index in [1.165, 1.54) is 5.56 Å². The molecule has 0 aliphatic rings. The third-order valence-corrected chi connectivity index (χ3v) is 4.50. The zero-order valence-corrected chi connectivity index (χ0v) is 15.5. The van der Waals surface area contributed by atoms with E-state index in [1.807, 2.05) is 53.9 Å². The van der Waals surface area contributed by atoms with Crippen LogP contribution in [0.3, 0.4) is 0 Å². The number of hydrogen-bond acceptors (Lipinski definition) is 4. The number of methoxy groups -OCH3 is 1. The molecule has 0 unspecified atom stereocenters. The van der Waals surface area contributed by atoms with Crippen LogP contribution < -0.4 is 10.1 Å². The van der Waals surface area contributed by atoms with E-state index in [0.717, 1.165) is 47.1 Å². The molecule has 0 radical (unpaired) electrons. The number of aromatic nitrogens is 3. The van der Waals surface area contributed by atoms with E-state index in [4.69, 9.17) is 9.84 Å².